The molecule has 2 aromatic carbocycles. The lowest BCUT2D eigenvalue weighted by atomic mass is 10.1. The number of benzene rings is 2. The fourth-order valence-electron chi connectivity index (χ4n) is 2.27. The molecule has 0 aliphatic rings. The molecule has 0 aliphatic heterocycles. The number of rotatable bonds is 7. The molecule has 1 amide bonds. The zero-order chi connectivity index (χ0) is 20.0. The highest BCUT2D eigenvalue weighted by Gasteiger charge is 2.20. The van der Waals surface area contributed by atoms with Gasteiger partial charge in [0.2, 0.25) is 0 Å². The summed E-state index contributed by atoms with van der Waals surface area (Å²) in [6.07, 6.45) is -1.21. The van der Waals surface area contributed by atoms with Gasteiger partial charge in [-0.25, -0.2) is 4.39 Å². The number of nitrogens with one attached hydrogen (secondary N) is 1. The molecule has 0 fully saturated rings. The van der Waals surface area contributed by atoms with Crippen LogP contribution in [0.25, 0.3) is 0 Å². The number of amides is 1. The predicted molar refractivity (Wildman–Crippen MR) is 98.8 cm³/mol. The van der Waals surface area contributed by atoms with E-state index in [1.165, 1.54) is 33.3 Å². The molecule has 2 aromatic rings. The molecular formula is C19H19ClFNO5. The van der Waals surface area contributed by atoms with Crippen LogP contribution in [0.1, 0.15) is 12.5 Å². The van der Waals surface area contributed by atoms with Crippen molar-refractivity contribution in [3.05, 3.63) is 52.8 Å². The highest BCUT2D eigenvalue weighted by Crippen LogP contribution is 2.25. The van der Waals surface area contributed by atoms with Crippen LogP contribution in [0.3, 0.4) is 0 Å². The molecule has 6 nitrogen and oxygen atoms in total. The number of carbonyl (C=O) groups excluding carboxylic acids is 2. The molecule has 0 saturated heterocycles. The third-order valence-electron chi connectivity index (χ3n) is 3.70. The van der Waals surface area contributed by atoms with Crippen molar-refractivity contribution in [3.8, 4) is 11.5 Å². The van der Waals surface area contributed by atoms with Gasteiger partial charge in [-0.1, -0.05) is 17.7 Å². The van der Waals surface area contributed by atoms with Gasteiger partial charge in [-0.05, 0) is 31.2 Å². The number of esters is 1. The molecule has 0 spiro atoms. The monoisotopic (exact) mass is 395 g/mol. The Morgan fingerprint density at radius 2 is 1.89 bits per heavy atom. The molecule has 27 heavy (non-hydrogen) atoms. The van der Waals surface area contributed by atoms with Crippen LogP contribution in [0.4, 0.5) is 10.1 Å². The van der Waals surface area contributed by atoms with Gasteiger partial charge in [0.25, 0.3) is 5.91 Å². The number of hydrogen-bond donors (Lipinski definition) is 1. The molecular weight excluding hydrogens is 377 g/mol. The van der Waals surface area contributed by atoms with Gasteiger partial charge in [-0.2, -0.15) is 0 Å². The number of carbonyl (C=O) groups is 2. The lowest BCUT2D eigenvalue weighted by Crippen LogP contribution is -2.30. The van der Waals surface area contributed by atoms with Crippen LogP contribution in [-0.2, 0) is 20.7 Å². The Bertz CT molecular complexity index is 843. The van der Waals surface area contributed by atoms with Crippen molar-refractivity contribution in [1.82, 2.24) is 0 Å². The lowest BCUT2D eigenvalue weighted by Gasteiger charge is -2.15. The zero-order valence-corrected chi connectivity index (χ0v) is 15.8. The summed E-state index contributed by atoms with van der Waals surface area (Å²) in [6.45, 7) is 1.40. The summed E-state index contributed by atoms with van der Waals surface area (Å²) < 4.78 is 29.2. The van der Waals surface area contributed by atoms with Crippen LogP contribution < -0.4 is 14.8 Å². The summed E-state index contributed by atoms with van der Waals surface area (Å²) in [6, 6.07) is 8.84. The number of anilines is 1. The van der Waals surface area contributed by atoms with E-state index in [1.54, 1.807) is 18.2 Å². The molecule has 0 unspecified atom stereocenters. The average molecular weight is 396 g/mol. The summed E-state index contributed by atoms with van der Waals surface area (Å²) >= 11 is 5.67. The predicted octanol–water partition coefficient (Wildman–Crippen LogP) is 3.61. The van der Waals surface area contributed by atoms with Crippen LogP contribution in [0.2, 0.25) is 5.02 Å². The van der Waals surface area contributed by atoms with Crippen molar-refractivity contribution in [1.29, 1.82) is 0 Å². The maximum atomic E-state index is 13.7. The fraction of sp³-hybridized carbons (Fsp3) is 0.263. The number of hydrogen-bond acceptors (Lipinski definition) is 5. The first-order valence-electron chi connectivity index (χ1n) is 8.00. The summed E-state index contributed by atoms with van der Waals surface area (Å²) in [5, 5.41) is 2.56. The largest absolute Gasteiger partial charge is 0.497 e. The van der Waals surface area contributed by atoms with Gasteiger partial charge < -0.3 is 19.5 Å². The van der Waals surface area contributed by atoms with E-state index in [1.807, 2.05) is 0 Å². The second kappa shape index (κ2) is 9.23. The van der Waals surface area contributed by atoms with Crippen LogP contribution in [0, 0.1) is 5.82 Å². The summed E-state index contributed by atoms with van der Waals surface area (Å²) in [5.41, 5.74) is 0.531. The van der Waals surface area contributed by atoms with Crippen LogP contribution in [0.15, 0.2) is 36.4 Å². The quantitative estimate of drug-likeness (QED) is 0.725. The summed E-state index contributed by atoms with van der Waals surface area (Å²) in [7, 11) is 2.99. The minimum absolute atomic E-state index is 0.0517. The van der Waals surface area contributed by atoms with Crippen molar-refractivity contribution in [2.75, 3.05) is 19.5 Å². The average Bonchev–Trinajstić information content (AvgIpc) is 2.64. The highest BCUT2D eigenvalue weighted by molar-refractivity contribution is 6.30. The summed E-state index contributed by atoms with van der Waals surface area (Å²) in [4.78, 5) is 24.2. The molecule has 0 bridgehead atoms. The van der Waals surface area contributed by atoms with Gasteiger partial charge >= 0.3 is 5.97 Å². The topological polar surface area (TPSA) is 73.9 Å². The van der Waals surface area contributed by atoms with Crippen LogP contribution in [0.5, 0.6) is 11.5 Å². The molecule has 1 N–H and O–H groups in total. The van der Waals surface area contributed by atoms with E-state index in [2.05, 4.69) is 5.32 Å². The Labute approximate surface area is 161 Å². The normalized spacial score (nSPS) is 11.4. The van der Waals surface area contributed by atoms with E-state index in [-0.39, 0.29) is 17.1 Å². The van der Waals surface area contributed by atoms with Crippen molar-refractivity contribution in [2.45, 2.75) is 19.4 Å². The van der Waals surface area contributed by atoms with E-state index >= 15 is 0 Å². The molecule has 0 heterocycles. The smallest absolute Gasteiger partial charge is 0.311 e. The molecule has 8 heteroatoms. The van der Waals surface area contributed by atoms with Crippen molar-refractivity contribution < 1.29 is 28.2 Å². The fourth-order valence-corrected chi connectivity index (χ4v) is 2.43. The zero-order valence-electron chi connectivity index (χ0n) is 15.0. The second-order valence-electron chi connectivity index (χ2n) is 5.60. The van der Waals surface area contributed by atoms with Gasteiger partial charge in [-0.15, -0.1) is 0 Å². The lowest BCUT2D eigenvalue weighted by molar-refractivity contribution is -0.152. The van der Waals surface area contributed by atoms with Crippen LogP contribution >= 0.6 is 11.6 Å². The molecule has 0 aromatic heterocycles. The number of methoxy groups -OCH3 is 2. The molecule has 0 saturated carbocycles. The SMILES string of the molecule is COc1ccc(CC(=O)O[C@H](C)C(=O)Nc2ccc(Cl)cc2F)c(OC)c1. The molecule has 0 radical (unpaired) electrons. The van der Waals surface area contributed by atoms with Gasteiger partial charge in [0.05, 0.1) is 26.3 Å². The first kappa shape index (κ1) is 20.5. The van der Waals surface area contributed by atoms with Gasteiger partial charge in [-0.3, -0.25) is 9.59 Å². The third-order valence-corrected chi connectivity index (χ3v) is 3.93. The minimum Gasteiger partial charge on any atom is -0.497 e. The first-order valence-corrected chi connectivity index (χ1v) is 8.38. The van der Waals surface area contributed by atoms with Crippen molar-refractivity contribution in [3.63, 3.8) is 0 Å². The highest BCUT2D eigenvalue weighted by atomic mass is 35.5. The molecule has 0 aliphatic carbocycles. The van der Waals surface area contributed by atoms with Gasteiger partial charge in [0.15, 0.2) is 6.10 Å². The Balaban J connectivity index is 1.97. The number of halogens is 2. The standard InChI is InChI=1S/C19H19ClFNO5/c1-11(19(24)22-16-7-5-13(20)9-15(16)21)27-18(23)8-12-4-6-14(25-2)10-17(12)26-3/h4-7,9-11H,8H2,1-3H3,(H,22,24)/t11-/m1/s1. The Hall–Kier alpha value is -2.80. The second-order valence-corrected chi connectivity index (χ2v) is 6.04. The molecule has 1 atom stereocenters. The molecule has 2 rings (SSSR count). The van der Waals surface area contributed by atoms with E-state index < -0.39 is 23.8 Å². The molecule has 144 valence electrons. The first-order chi connectivity index (χ1) is 12.8. The van der Waals surface area contributed by atoms with E-state index in [4.69, 9.17) is 25.8 Å². The van der Waals surface area contributed by atoms with Crippen LogP contribution in [-0.4, -0.2) is 32.2 Å². The maximum absolute atomic E-state index is 13.7. The van der Waals surface area contributed by atoms with E-state index in [9.17, 15) is 14.0 Å². The van der Waals surface area contributed by atoms with Gasteiger partial charge in [0.1, 0.15) is 17.3 Å². The van der Waals surface area contributed by atoms with E-state index in [0.29, 0.717) is 17.1 Å². The Morgan fingerprint density at radius 1 is 1.15 bits per heavy atom. The van der Waals surface area contributed by atoms with Gasteiger partial charge in [0, 0.05) is 16.7 Å². The van der Waals surface area contributed by atoms with Crippen molar-refractivity contribution in [2.24, 2.45) is 0 Å². The van der Waals surface area contributed by atoms with Crippen molar-refractivity contribution >= 4 is 29.2 Å². The Morgan fingerprint density at radius 3 is 2.52 bits per heavy atom. The maximum Gasteiger partial charge on any atom is 0.311 e. The Kier molecular flexibility index (Phi) is 7.01. The minimum atomic E-state index is -1.11. The number of ether oxygens (including phenoxy) is 3. The summed E-state index contributed by atoms with van der Waals surface area (Å²) in [5.74, 6) is -0.922. The van der Waals surface area contributed by atoms with E-state index in [0.717, 1.165) is 6.07 Å². The third kappa shape index (κ3) is 5.59.